The number of carbonyl (C=O) groups is 2. The zero-order valence-corrected chi connectivity index (χ0v) is 17.3. The highest BCUT2D eigenvalue weighted by Gasteiger charge is 2.25. The van der Waals surface area contributed by atoms with E-state index < -0.39 is 12.1 Å². The molecule has 7 heteroatoms. The number of aromatic nitrogens is 4. The van der Waals surface area contributed by atoms with Gasteiger partial charge in [-0.15, -0.1) is 0 Å². The molecule has 0 saturated carbocycles. The monoisotopic (exact) mass is 402 g/mol. The third-order valence-electron chi connectivity index (χ3n) is 5.00. The van der Waals surface area contributed by atoms with Crippen molar-refractivity contribution in [3.63, 3.8) is 0 Å². The first kappa shape index (κ1) is 19.6. The number of fused-ring (bicyclic) bond motifs is 1. The summed E-state index contributed by atoms with van der Waals surface area (Å²) in [5.41, 5.74) is 4.28. The van der Waals surface area contributed by atoms with Crippen molar-refractivity contribution in [2.75, 3.05) is 0 Å². The molecule has 1 atom stereocenters. The highest BCUT2D eigenvalue weighted by Crippen LogP contribution is 2.24. The zero-order chi connectivity index (χ0) is 21.4. The Morgan fingerprint density at radius 1 is 1.10 bits per heavy atom. The molecule has 0 fully saturated rings. The second-order valence-corrected chi connectivity index (χ2v) is 7.33. The van der Waals surface area contributed by atoms with Crippen molar-refractivity contribution in [1.29, 1.82) is 0 Å². The summed E-state index contributed by atoms with van der Waals surface area (Å²) in [6.45, 7) is 7.26. The number of Topliss-reactive ketones (excluding diaryl/α,β-unsaturated/α-hetero) is 1. The molecule has 1 aromatic carbocycles. The van der Waals surface area contributed by atoms with Crippen LogP contribution in [-0.2, 0) is 4.74 Å². The number of carbonyl (C=O) groups excluding carboxylic acids is 2. The molecule has 3 aromatic heterocycles. The number of benzene rings is 1. The van der Waals surface area contributed by atoms with E-state index in [1.807, 2.05) is 51.1 Å². The van der Waals surface area contributed by atoms with Crippen molar-refractivity contribution in [2.24, 2.45) is 0 Å². The maximum absolute atomic E-state index is 13.0. The Morgan fingerprint density at radius 2 is 1.87 bits per heavy atom. The van der Waals surface area contributed by atoms with Crippen molar-refractivity contribution in [1.82, 2.24) is 19.7 Å². The minimum Gasteiger partial charge on any atom is -0.451 e. The number of aromatic amines is 1. The minimum absolute atomic E-state index is 0.245. The van der Waals surface area contributed by atoms with E-state index in [0.29, 0.717) is 11.4 Å². The topological polar surface area (TPSA) is 89.9 Å². The van der Waals surface area contributed by atoms with Crippen LogP contribution in [0.15, 0.2) is 48.7 Å². The van der Waals surface area contributed by atoms with Crippen molar-refractivity contribution in [2.45, 2.75) is 33.8 Å². The molecule has 4 aromatic rings. The lowest BCUT2D eigenvalue weighted by atomic mass is 10.0. The number of esters is 1. The van der Waals surface area contributed by atoms with Crippen LogP contribution < -0.4 is 0 Å². The lowest BCUT2D eigenvalue weighted by Gasteiger charge is -2.13. The summed E-state index contributed by atoms with van der Waals surface area (Å²) < 4.78 is 7.14. The third-order valence-corrected chi connectivity index (χ3v) is 5.00. The summed E-state index contributed by atoms with van der Waals surface area (Å²) in [6.07, 6.45) is 0.508. The van der Waals surface area contributed by atoms with Gasteiger partial charge in [-0.25, -0.2) is 14.5 Å². The normalized spacial score (nSPS) is 12.1. The molecule has 0 bridgehead atoms. The summed E-state index contributed by atoms with van der Waals surface area (Å²) in [4.78, 5) is 33.0. The van der Waals surface area contributed by atoms with Crippen molar-refractivity contribution < 1.29 is 14.3 Å². The van der Waals surface area contributed by atoms with Gasteiger partial charge in [-0.1, -0.05) is 18.2 Å². The number of para-hydroxylation sites is 1. The summed E-state index contributed by atoms with van der Waals surface area (Å²) in [6, 6.07) is 12.8. The summed E-state index contributed by atoms with van der Waals surface area (Å²) in [5, 5.41) is 5.20. The van der Waals surface area contributed by atoms with E-state index >= 15 is 0 Å². The van der Waals surface area contributed by atoms with E-state index in [9.17, 15) is 9.59 Å². The van der Waals surface area contributed by atoms with Crippen molar-refractivity contribution in [3.05, 3.63) is 76.9 Å². The van der Waals surface area contributed by atoms with Gasteiger partial charge in [-0.05, 0) is 52.0 Å². The van der Waals surface area contributed by atoms with Crippen LogP contribution in [0.2, 0.25) is 0 Å². The first-order valence-corrected chi connectivity index (χ1v) is 9.67. The largest absolute Gasteiger partial charge is 0.451 e. The van der Waals surface area contributed by atoms with Crippen molar-refractivity contribution >= 4 is 22.7 Å². The molecule has 1 N–H and O–H groups in total. The fourth-order valence-corrected chi connectivity index (χ4v) is 3.57. The molecule has 0 amide bonds. The number of aryl methyl sites for hydroxylation is 3. The van der Waals surface area contributed by atoms with Crippen molar-refractivity contribution in [3.8, 4) is 5.82 Å². The fraction of sp³-hybridized carbons (Fsp3) is 0.217. The van der Waals surface area contributed by atoms with Gasteiger partial charge in [-0.2, -0.15) is 5.10 Å². The van der Waals surface area contributed by atoms with Crippen LogP contribution in [0.25, 0.3) is 16.7 Å². The number of nitrogens with zero attached hydrogens (tertiary/aromatic N) is 3. The molecular weight excluding hydrogens is 380 g/mol. The van der Waals surface area contributed by atoms with Crippen LogP contribution in [-0.4, -0.2) is 37.6 Å². The van der Waals surface area contributed by atoms with E-state index in [4.69, 9.17) is 4.74 Å². The number of hydrogen-bond acceptors (Lipinski definition) is 5. The van der Waals surface area contributed by atoms with Crippen LogP contribution in [0.3, 0.4) is 0 Å². The first-order chi connectivity index (χ1) is 14.3. The molecule has 4 rings (SSSR count). The van der Waals surface area contributed by atoms with E-state index in [1.165, 1.54) is 6.20 Å². The Morgan fingerprint density at radius 3 is 2.53 bits per heavy atom. The molecule has 0 spiro atoms. The smallest absolute Gasteiger partial charge is 0.340 e. The fourth-order valence-electron chi connectivity index (χ4n) is 3.57. The van der Waals surface area contributed by atoms with E-state index in [-0.39, 0.29) is 11.3 Å². The van der Waals surface area contributed by atoms with Gasteiger partial charge in [0.1, 0.15) is 0 Å². The molecule has 0 aliphatic rings. The average molecular weight is 402 g/mol. The highest BCUT2D eigenvalue weighted by atomic mass is 16.5. The van der Waals surface area contributed by atoms with Crippen LogP contribution in [0.5, 0.6) is 0 Å². The molecule has 7 nitrogen and oxygen atoms in total. The molecular formula is C23H22N4O3. The number of hydrogen-bond donors (Lipinski definition) is 1. The predicted molar refractivity (Wildman–Crippen MR) is 113 cm³/mol. The van der Waals surface area contributed by atoms with Crippen LogP contribution in [0.4, 0.5) is 0 Å². The lowest BCUT2D eigenvalue weighted by molar-refractivity contribution is 0.0318. The van der Waals surface area contributed by atoms with Crippen LogP contribution in [0, 0.1) is 20.8 Å². The molecule has 0 aliphatic heterocycles. The number of nitrogens with one attached hydrogen (secondary N) is 1. The van der Waals surface area contributed by atoms with Gasteiger partial charge >= 0.3 is 5.97 Å². The second-order valence-electron chi connectivity index (χ2n) is 7.33. The third kappa shape index (κ3) is 3.50. The van der Waals surface area contributed by atoms with Gasteiger partial charge in [0.15, 0.2) is 11.9 Å². The molecule has 0 aliphatic carbocycles. The molecule has 0 radical (unpaired) electrons. The summed E-state index contributed by atoms with van der Waals surface area (Å²) in [5.74, 6) is -0.234. The Kier molecular flexibility index (Phi) is 4.95. The maximum Gasteiger partial charge on any atom is 0.340 e. The van der Waals surface area contributed by atoms with E-state index in [0.717, 1.165) is 28.0 Å². The van der Waals surface area contributed by atoms with Gasteiger partial charge in [0.05, 0.1) is 11.3 Å². The van der Waals surface area contributed by atoms with Gasteiger partial charge in [0, 0.05) is 34.1 Å². The number of ketones is 1. The summed E-state index contributed by atoms with van der Waals surface area (Å²) >= 11 is 0. The molecule has 152 valence electrons. The number of pyridine rings is 1. The SMILES string of the molecule is Cc1cc(C)n(-c2ccc(C(=O)OC(C)C(=O)c3c(C)[nH]c4ccccc34)cn2)n1. The standard InChI is InChI=1S/C23H22N4O3/c1-13-11-14(2)27(26-13)20-10-9-17(12-24-20)23(29)30-16(4)22(28)21-15(3)25-19-8-6-5-7-18(19)21/h5-12,16,25H,1-4H3. The average Bonchev–Trinajstić information content (AvgIpc) is 3.24. The lowest BCUT2D eigenvalue weighted by Crippen LogP contribution is -2.25. The maximum atomic E-state index is 13.0. The Bertz CT molecular complexity index is 1250. The van der Waals surface area contributed by atoms with Gasteiger partial charge in [-0.3, -0.25) is 4.79 Å². The zero-order valence-electron chi connectivity index (χ0n) is 17.3. The van der Waals surface area contributed by atoms with Gasteiger partial charge in [0.25, 0.3) is 0 Å². The summed E-state index contributed by atoms with van der Waals surface area (Å²) in [7, 11) is 0. The van der Waals surface area contributed by atoms with E-state index in [2.05, 4.69) is 15.1 Å². The van der Waals surface area contributed by atoms with Crippen LogP contribution in [0.1, 0.15) is 44.7 Å². The number of rotatable bonds is 5. The van der Waals surface area contributed by atoms with Gasteiger partial charge < -0.3 is 9.72 Å². The molecule has 1 unspecified atom stereocenters. The molecule has 3 heterocycles. The van der Waals surface area contributed by atoms with E-state index in [1.54, 1.807) is 23.7 Å². The number of H-pyrrole nitrogens is 1. The molecule has 0 saturated heterocycles. The first-order valence-electron chi connectivity index (χ1n) is 9.67. The predicted octanol–water partition coefficient (Wildman–Crippen LogP) is 4.10. The van der Waals surface area contributed by atoms with Gasteiger partial charge in [0.2, 0.25) is 5.78 Å². The second kappa shape index (κ2) is 7.59. The Balaban J connectivity index is 1.51. The number of ether oxygens (including phenoxy) is 1. The van der Waals surface area contributed by atoms with Crippen LogP contribution >= 0.6 is 0 Å². The Hall–Kier alpha value is -3.74. The highest BCUT2D eigenvalue weighted by molar-refractivity contribution is 6.11. The minimum atomic E-state index is -0.925. The quantitative estimate of drug-likeness (QED) is 0.401. The molecule has 30 heavy (non-hydrogen) atoms. The Labute approximate surface area is 173 Å².